The first-order valence-corrected chi connectivity index (χ1v) is 4.93. The second-order valence-electron chi connectivity index (χ2n) is 3.06. The van der Waals surface area contributed by atoms with Crippen molar-refractivity contribution < 1.29 is 14.3 Å². The molecule has 1 atom stereocenters. The molecule has 1 aromatic heterocycles. The van der Waals surface area contributed by atoms with Crippen molar-refractivity contribution in [1.82, 2.24) is 9.55 Å². The molecule has 1 aliphatic rings. The molecule has 1 aromatic rings. The van der Waals surface area contributed by atoms with Crippen LogP contribution in [0.15, 0.2) is 4.60 Å². The van der Waals surface area contributed by atoms with E-state index in [-0.39, 0.29) is 6.10 Å². The first-order valence-electron chi connectivity index (χ1n) is 4.14. The van der Waals surface area contributed by atoms with Crippen LogP contribution in [0.25, 0.3) is 0 Å². The van der Waals surface area contributed by atoms with Gasteiger partial charge in [0.2, 0.25) is 0 Å². The van der Waals surface area contributed by atoms with Gasteiger partial charge < -0.3 is 9.47 Å². The van der Waals surface area contributed by atoms with Crippen molar-refractivity contribution in [3.8, 4) is 6.01 Å². The average Bonchev–Trinajstić information content (AvgIpc) is 2.58. The molecule has 0 amide bonds. The zero-order chi connectivity index (χ0) is 10.3. The number of esters is 1. The maximum atomic E-state index is 11.4. The third-order valence-corrected chi connectivity index (χ3v) is 2.57. The second-order valence-corrected chi connectivity index (χ2v) is 3.82. The van der Waals surface area contributed by atoms with E-state index < -0.39 is 5.97 Å². The van der Waals surface area contributed by atoms with E-state index in [4.69, 9.17) is 4.74 Å². The van der Waals surface area contributed by atoms with Crippen molar-refractivity contribution in [2.75, 3.05) is 7.11 Å². The molecule has 6 heteroatoms. The number of fused-ring (bicyclic) bond motifs is 1. The number of hydrogen-bond donors (Lipinski definition) is 0. The molecule has 0 fully saturated rings. The summed E-state index contributed by atoms with van der Waals surface area (Å²) in [6.45, 7) is 2.54. The predicted molar refractivity (Wildman–Crippen MR) is 51.4 cm³/mol. The van der Waals surface area contributed by atoms with E-state index in [1.165, 1.54) is 7.11 Å². The predicted octanol–water partition coefficient (Wildman–Crippen LogP) is 1.21. The smallest absolute Gasteiger partial charge is 0.357 e. The van der Waals surface area contributed by atoms with Gasteiger partial charge in [-0.1, -0.05) is 0 Å². The highest BCUT2D eigenvalue weighted by Crippen LogP contribution is 2.28. The Hall–Kier alpha value is -1.04. The highest BCUT2D eigenvalue weighted by atomic mass is 79.9. The summed E-state index contributed by atoms with van der Waals surface area (Å²) in [6, 6.07) is 0.463. The Morgan fingerprint density at radius 3 is 3.14 bits per heavy atom. The molecule has 5 nitrogen and oxygen atoms in total. The minimum atomic E-state index is -0.409. The highest BCUT2D eigenvalue weighted by Gasteiger charge is 2.29. The molecule has 0 saturated carbocycles. The number of halogens is 1. The monoisotopic (exact) mass is 260 g/mol. The molecule has 1 aliphatic heterocycles. The van der Waals surface area contributed by atoms with Crippen molar-refractivity contribution in [3.63, 3.8) is 0 Å². The Morgan fingerprint density at radius 1 is 1.79 bits per heavy atom. The molecular weight excluding hydrogens is 252 g/mol. The van der Waals surface area contributed by atoms with Crippen molar-refractivity contribution in [2.24, 2.45) is 0 Å². The van der Waals surface area contributed by atoms with Gasteiger partial charge >= 0.3 is 5.97 Å². The summed E-state index contributed by atoms with van der Waals surface area (Å²) < 4.78 is 12.2. The topological polar surface area (TPSA) is 53.3 Å². The van der Waals surface area contributed by atoms with Crippen LogP contribution in [0.1, 0.15) is 17.4 Å². The largest absolute Gasteiger partial charge is 0.464 e. The lowest BCUT2D eigenvalue weighted by atomic mass is 10.4. The van der Waals surface area contributed by atoms with E-state index in [0.29, 0.717) is 22.9 Å². The van der Waals surface area contributed by atoms with Gasteiger partial charge in [0.1, 0.15) is 10.7 Å². The van der Waals surface area contributed by atoms with Crippen LogP contribution >= 0.6 is 15.9 Å². The average molecular weight is 261 g/mol. The summed E-state index contributed by atoms with van der Waals surface area (Å²) in [5.41, 5.74) is 0.409. The van der Waals surface area contributed by atoms with Gasteiger partial charge in [-0.3, -0.25) is 4.57 Å². The number of hydrogen-bond acceptors (Lipinski definition) is 4. The highest BCUT2D eigenvalue weighted by molar-refractivity contribution is 9.10. The summed E-state index contributed by atoms with van der Waals surface area (Å²) >= 11 is 3.19. The maximum Gasteiger partial charge on any atom is 0.357 e. The molecule has 0 N–H and O–H groups in total. The fourth-order valence-corrected chi connectivity index (χ4v) is 1.96. The molecule has 0 spiro atoms. The number of rotatable bonds is 1. The zero-order valence-corrected chi connectivity index (χ0v) is 9.37. The number of imidazole rings is 1. The second kappa shape index (κ2) is 3.27. The van der Waals surface area contributed by atoms with Crippen molar-refractivity contribution >= 4 is 21.9 Å². The number of carbonyl (C=O) groups excluding carboxylic acids is 1. The van der Waals surface area contributed by atoms with E-state index >= 15 is 0 Å². The van der Waals surface area contributed by atoms with Crippen LogP contribution in [-0.2, 0) is 11.3 Å². The van der Waals surface area contributed by atoms with E-state index in [1.54, 1.807) is 4.57 Å². The molecule has 76 valence electrons. The summed E-state index contributed by atoms with van der Waals surface area (Å²) in [7, 11) is 1.34. The molecule has 2 heterocycles. The maximum absolute atomic E-state index is 11.4. The lowest BCUT2D eigenvalue weighted by Gasteiger charge is -2.02. The van der Waals surface area contributed by atoms with E-state index in [2.05, 4.69) is 25.7 Å². The van der Waals surface area contributed by atoms with Crippen molar-refractivity contribution in [3.05, 3.63) is 10.3 Å². The third kappa shape index (κ3) is 1.30. The Labute approximate surface area is 89.1 Å². The van der Waals surface area contributed by atoms with Gasteiger partial charge in [-0.05, 0) is 22.9 Å². The quantitative estimate of drug-likeness (QED) is 0.713. The fourth-order valence-electron chi connectivity index (χ4n) is 1.43. The molecule has 0 bridgehead atoms. The van der Waals surface area contributed by atoms with E-state index in [0.717, 1.165) is 0 Å². The number of ether oxygens (including phenoxy) is 2. The molecule has 0 aliphatic carbocycles. The number of nitrogens with zero attached hydrogens (tertiary/aromatic N) is 2. The Balaban J connectivity index is 2.46. The standard InChI is InChI=1S/C8H9BrN2O3/c1-4-3-11-5(7(12)13-2)6(9)10-8(11)14-4/h4H,3H2,1-2H3/t4-/m0/s1. The van der Waals surface area contributed by atoms with Gasteiger partial charge in [-0.15, -0.1) is 0 Å². The summed E-state index contributed by atoms with van der Waals surface area (Å²) in [4.78, 5) is 15.5. The molecule has 0 aromatic carbocycles. The summed E-state index contributed by atoms with van der Waals surface area (Å²) in [6.07, 6.45) is 0.0500. The van der Waals surface area contributed by atoms with Gasteiger partial charge in [0, 0.05) is 0 Å². The lowest BCUT2D eigenvalue weighted by molar-refractivity contribution is 0.0587. The molecule has 2 rings (SSSR count). The van der Waals surface area contributed by atoms with Gasteiger partial charge in [0.15, 0.2) is 5.69 Å². The minimum absolute atomic E-state index is 0.0500. The number of aromatic nitrogens is 2. The first-order chi connectivity index (χ1) is 6.63. The van der Waals surface area contributed by atoms with E-state index in [1.807, 2.05) is 6.92 Å². The fraction of sp³-hybridized carbons (Fsp3) is 0.500. The van der Waals surface area contributed by atoms with Gasteiger partial charge in [-0.2, -0.15) is 4.98 Å². The summed E-state index contributed by atoms with van der Waals surface area (Å²) in [5.74, 6) is -0.409. The zero-order valence-electron chi connectivity index (χ0n) is 7.78. The van der Waals surface area contributed by atoms with Crippen LogP contribution in [0.4, 0.5) is 0 Å². The molecule has 14 heavy (non-hydrogen) atoms. The molecule has 0 radical (unpaired) electrons. The Kier molecular flexibility index (Phi) is 2.22. The number of methoxy groups -OCH3 is 1. The first kappa shape index (κ1) is 9.51. The van der Waals surface area contributed by atoms with Gasteiger partial charge in [-0.25, -0.2) is 4.79 Å². The summed E-state index contributed by atoms with van der Waals surface area (Å²) in [5, 5.41) is 0. The Bertz CT molecular complexity index is 388. The van der Waals surface area contributed by atoms with Crippen LogP contribution in [-0.4, -0.2) is 28.7 Å². The molecular formula is C8H9BrN2O3. The van der Waals surface area contributed by atoms with Gasteiger partial charge in [0.05, 0.1) is 13.7 Å². The lowest BCUT2D eigenvalue weighted by Crippen LogP contribution is -2.13. The van der Waals surface area contributed by atoms with Crippen molar-refractivity contribution in [1.29, 1.82) is 0 Å². The van der Waals surface area contributed by atoms with E-state index in [9.17, 15) is 4.79 Å². The van der Waals surface area contributed by atoms with Crippen LogP contribution < -0.4 is 4.74 Å². The van der Waals surface area contributed by atoms with Gasteiger partial charge in [0.25, 0.3) is 6.01 Å². The minimum Gasteiger partial charge on any atom is -0.464 e. The van der Waals surface area contributed by atoms with Crippen LogP contribution in [0, 0.1) is 0 Å². The molecule has 0 saturated heterocycles. The number of carbonyl (C=O) groups is 1. The Morgan fingerprint density at radius 2 is 2.50 bits per heavy atom. The van der Waals surface area contributed by atoms with Crippen molar-refractivity contribution in [2.45, 2.75) is 19.6 Å². The third-order valence-electron chi connectivity index (χ3n) is 2.02. The van der Waals surface area contributed by atoms with Crippen LogP contribution in [0.5, 0.6) is 6.01 Å². The van der Waals surface area contributed by atoms with Crippen LogP contribution in [0.3, 0.4) is 0 Å². The SMILES string of the molecule is COC(=O)c1c(Br)nc2n1C[C@H](C)O2. The normalized spacial score (nSPS) is 18.9. The molecule has 0 unspecified atom stereocenters. The van der Waals surface area contributed by atoms with Crippen LogP contribution in [0.2, 0.25) is 0 Å².